The average Bonchev–Trinajstić information content (AvgIpc) is 2.90. The molecule has 0 saturated heterocycles. The predicted molar refractivity (Wildman–Crippen MR) is 95.9 cm³/mol. The molecule has 122 valence electrons. The zero-order valence-corrected chi connectivity index (χ0v) is 15.0. The van der Waals surface area contributed by atoms with Crippen molar-refractivity contribution in [2.24, 2.45) is 0 Å². The first-order valence-corrected chi connectivity index (χ1v) is 8.22. The fourth-order valence-corrected chi connectivity index (χ4v) is 3.12. The van der Waals surface area contributed by atoms with E-state index >= 15 is 0 Å². The molecule has 0 radical (unpaired) electrons. The third-order valence-electron chi connectivity index (χ3n) is 4.03. The van der Waals surface area contributed by atoms with E-state index in [1.807, 2.05) is 51.1 Å². The molecule has 3 rings (SSSR count). The van der Waals surface area contributed by atoms with Gasteiger partial charge in [0.1, 0.15) is 11.6 Å². The monoisotopic (exact) mass is 332 g/mol. The summed E-state index contributed by atoms with van der Waals surface area (Å²) in [6.45, 7) is 7.80. The normalized spacial score (nSPS) is 12.7. The van der Waals surface area contributed by atoms with Gasteiger partial charge in [-0.1, -0.05) is 43.2 Å². The molecule has 1 nitrogen and oxygen atoms in total. The summed E-state index contributed by atoms with van der Waals surface area (Å²) < 4.78 is 20.1. The minimum Gasteiger partial charge on any atom is -0.496 e. The minimum atomic E-state index is -0.189. The standard InChI is InChI=1S/C18H16ClFO.C2H6/c1-10-8-13-9-15(21-3)11(2)18(20)17(13)16(10)12-4-6-14(19)7-5-12;1-2/h4-7,9H,8H2,1-3H3;1-2H3. The quantitative estimate of drug-likeness (QED) is 0.636. The number of rotatable bonds is 2. The van der Waals surface area contributed by atoms with Crippen LogP contribution in [0.2, 0.25) is 5.02 Å². The first-order valence-electron chi connectivity index (χ1n) is 7.85. The van der Waals surface area contributed by atoms with Crippen LogP contribution in [0.4, 0.5) is 4.39 Å². The molecule has 0 atom stereocenters. The van der Waals surface area contributed by atoms with Crippen molar-refractivity contribution in [3.63, 3.8) is 0 Å². The van der Waals surface area contributed by atoms with Gasteiger partial charge in [0.05, 0.1) is 7.11 Å². The molecule has 0 amide bonds. The molecule has 0 aromatic heterocycles. The number of allylic oxidation sites excluding steroid dienone is 1. The highest BCUT2D eigenvalue weighted by Gasteiger charge is 2.26. The van der Waals surface area contributed by atoms with Gasteiger partial charge in [0, 0.05) is 16.1 Å². The average molecular weight is 333 g/mol. The summed E-state index contributed by atoms with van der Waals surface area (Å²) in [6, 6.07) is 9.50. The van der Waals surface area contributed by atoms with Gasteiger partial charge in [0.25, 0.3) is 0 Å². The van der Waals surface area contributed by atoms with Crippen molar-refractivity contribution in [1.29, 1.82) is 0 Å². The van der Waals surface area contributed by atoms with Gasteiger partial charge in [-0.25, -0.2) is 4.39 Å². The van der Waals surface area contributed by atoms with Gasteiger partial charge in [0.2, 0.25) is 0 Å². The third-order valence-corrected chi connectivity index (χ3v) is 4.28. The number of fused-ring (bicyclic) bond motifs is 1. The molecule has 0 heterocycles. The third kappa shape index (κ3) is 3.13. The summed E-state index contributed by atoms with van der Waals surface area (Å²) in [5.41, 5.74) is 5.38. The first kappa shape index (κ1) is 17.6. The fourth-order valence-electron chi connectivity index (χ4n) is 2.99. The Morgan fingerprint density at radius 2 is 1.70 bits per heavy atom. The summed E-state index contributed by atoms with van der Waals surface area (Å²) in [4.78, 5) is 0. The van der Waals surface area contributed by atoms with Gasteiger partial charge >= 0.3 is 0 Å². The maximum Gasteiger partial charge on any atom is 0.137 e. The van der Waals surface area contributed by atoms with Crippen molar-refractivity contribution < 1.29 is 9.13 Å². The van der Waals surface area contributed by atoms with Crippen molar-refractivity contribution in [2.45, 2.75) is 34.1 Å². The Balaban J connectivity index is 0.000000924. The van der Waals surface area contributed by atoms with E-state index in [1.54, 1.807) is 14.0 Å². The number of hydrogen-bond donors (Lipinski definition) is 0. The fraction of sp³-hybridized carbons (Fsp3) is 0.300. The molecular formula is C20H22ClFO. The zero-order valence-electron chi connectivity index (χ0n) is 14.3. The summed E-state index contributed by atoms with van der Waals surface area (Å²) in [7, 11) is 1.57. The lowest BCUT2D eigenvalue weighted by molar-refractivity contribution is 0.406. The van der Waals surface area contributed by atoms with Crippen molar-refractivity contribution >= 4 is 17.2 Å². The summed E-state index contributed by atoms with van der Waals surface area (Å²) in [5, 5.41) is 0.682. The molecule has 0 unspecified atom stereocenters. The van der Waals surface area contributed by atoms with E-state index in [4.69, 9.17) is 16.3 Å². The van der Waals surface area contributed by atoms with Crippen LogP contribution in [0.3, 0.4) is 0 Å². The molecule has 1 aliphatic rings. The maximum atomic E-state index is 14.8. The maximum absolute atomic E-state index is 14.8. The molecule has 2 aromatic carbocycles. The predicted octanol–water partition coefficient (Wildman–Crippen LogP) is 6.20. The van der Waals surface area contributed by atoms with Crippen LogP contribution in [0, 0.1) is 12.7 Å². The van der Waals surface area contributed by atoms with E-state index in [1.165, 1.54) is 5.57 Å². The molecule has 23 heavy (non-hydrogen) atoms. The van der Waals surface area contributed by atoms with Crippen LogP contribution >= 0.6 is 11.6 Å². The van der Waals surface area contributed by atoms with Crippen LogP contribution < -0.4 is 4.74 Å². The van der Waals surface area contributed by atoms with E-state index in [9.17, 15) is 4.39 Å². The first-order chi connectivity index (χ1) is 11.0. The van der Waals surface area contributed by atoms with Crippen molar-refractivity contribution in [3.05, 3.63) is 69.0 Å². The van der Waals surface area contributed by atoms with Crippen molar-refractivity contribution in [2.75, 3.05) is 7.11 Å². The highest BCUT2D eigenvalue weighted by Crippen LogP contribution is 2.42. The second kappa shape index (κ2) is 7.18. The van der Waals surface area contributed by atoms with Crippen LogP contribution in [0.1, 0.15) is 43.0 Å². The summed E-state index contributed by atoms with van der Waals surface area (Å²) >= 11 is 5.94. The van der Waals surface area contributed by atoms with Crippen LogP contribution in [-0.4, -0.2) is 7.11 Å². The Labute approximate surface area is 142 Å². The minimum absolute atomic E-state index is 0.189. The molecule has 0 N–H and O–H groups in total. The van der Waals surface area contributed by atoms with Crippen LogP contribution in [-0.2, 0) is 6.42 Å². The van der Waals surface area contributed by atoms with Gasteiger partial charge in [-0.05, 0) is 55.2 Å². The molecule has 3 heteroatoms. The van der Waals surface area contributed by atoms with Gasteiger partial charge in [-0.2, -0.15) is 0 Å². The van der Waals surface area contributed by atoms with E-state index < -0.39 is 0 Å². The second-order valence-corrected chi connectivity index (χ2v) is 5.83. The molecule has 0 saturated carbocycles. The number of methoxy groups -OCH3 is 1. The molecule has 0 spiro atoms. The molecular weight excluding hydrogens is 311 g/mol. The summed E-state index contributed by atoms with van der Waals surface area (Å²) in [6.07, 6.45) is 0.751. The molecule has 1 aliphatic carbocycles. The second-order valence-electron chi connectivity index (χ2n) is 5.39. The van der Waals surface area contributed by atoms with Gasteiger partial charge in [-0.15, -0.1) is 0 Å². The lowest BCUT2D eigenvalue weighted by Crippen LogP contribution is -1.99. The van der Waals surface area contributed by atoms with Gasteiger partial charge in [0.15, 0.2) is 0 Å². The molecule has 0 aliphatic heterocycles. The van der Waals surface area contributed by atoms with E-state index in [-0.39, 0.29) is 5.82 Å². The molecule has 0 bridgehead atoms. The molecule has 2 aromatic rings. The van der Waals surface area contributed by atoms with E-state index in [0.29, 0.717) is 21.9 Å². The van der Waals surface area contributed by atoms with Crippen molar-refractivity contribution in [1.82, 2.24) is 0 Å². The summed E-state index contributed by atoms with van der Waals surface area (Å²) in [5.74, 6) is 0.419. The van der Waals surface area contributed by atoms with E-state index in [0.717, 1.165) is 23.1 Å². The van der Waals surface area contributed by atoms with Crippen LogP contribution in [0.25, 0.3) is 5.57 Å². The number of hydrogen-bond acceptors (Lipinski definition) is 1. The Kier molecular flexibility index (Phi) is 5.48. The smallest absolute Gasteiger partial charge is 0.137 e. The number of halogens is 2. The Hall–Kier alpha value is -1.80. The lowest BCUT2D eigenvalue weighted by atomic mass is 9.95. The van der Waals surface area contributed by atoms with Gasteiger partial charge in [-0.3, -0.25) is 0 Å². The van der Waals surface area contributed by atoms with Gasteiger partial charge < -0.3 is 4.74 Å². The zero-order chi connectivity index (χ0) is 17.1. The lowest BCUT2D eigenvalue weighted by Gasteiger charge is -2.13. The topological polar surface area (TPSA) is 9.23 Å². The highest BCUT2D eigenvalue weighted by molar-refractivity contribution is 6.30. The highest BCUT2D eigenvalue weighted by atomic mass is 35.5. The van der Waals surface area contributed by atoms with Crippen LogP contribution in [0.5, 0.6) is 5.75 Å². The van der Waals surface area contributed by atoms with Crippen molar-refractivity contribution in [3.8, 4) is 5.75 Å². The number of ether oxygens (including phenoxy) is 1. The SMILES string of the molecule is CC.COc1cc2c(c(F)c1C)C(c1ccc(Cl)cc1)=C(C)C2. The number of benzene rings is 2. The van der Waals surface area contributed by atoms with Crippen LogP contribution in [0.15, 0.2) is 35.9 Å². The van der Waals surface area contributed by atoms with E-state index in [2.05, 4.69) is 0 Å². The molecule has 0 fully saturated rings. The Bertz CT molecular complexity index is 745. The Morgan fingerprint density at radius 1 is 1.09 bits per heavy atom. The largest absolute Gasteiger partial charge is 0.496 e. The Morgan fingerprint density at radius 3 is 2.26 bits per heavy atom.